The van der Waals surface area contributed by atoms with Crippen LogP contribution >= 0.6 is 25.3 Å². The number of carboxylic acid groups (broad SMARTS) is 1. The molecule has 1 heterocycles. The molecule has 1 aliphatic heterocycles. The molecular weight excluding hydrogens is 218 g/mol. The average Bonchev–Trinajstić information content (AvgIpc) is 2.68. The Bertz CT molecular complexity index is 249. The predicted molar refractivity (Wildman–Crippen MR) is 61.3 cm³/mol. The van der Waals surface area contributed by atoms with Gasteiger partial charge in [-0.25, -0.2) is 0 Å². The van der Waals surface area contributed by atoms with Crippen LogP contribution in [0.15, 0.2) is 0 Å². The lowest BCUT2D eigenvalue weighted by molar-refractivity contribution is -0.139. The number of hydrogen-bond donors (Lipinski definition) is 4. The van der Waals surface area contributed by atoms with Gasteiger partial charge in [0.2, 0.25) is 0 Å². The summed E-state index contributed by atoms with van der Waals surface area (Å²) in [6, 6.07) is -0.405. The number of hydrogen-bond acceptors (Lipinski definition) is 4. The molecule has 80 valence electrons. The van der Waals surface area contributed by atoms with Crippen molar-refractivity contribution in [2.24, 2.45) is 5.41 Å². The second-order valence-electron chi connectivity index (χ2n) is 4.32. The van der Waals surface area contributed by atoms with Crippen molar-refractivity contribution in [3.8, 4) is 0 Å². The van der Waals surface area contributed by atoms with Crippen LogP contribution in [0.3, 0.4) is 0 Å². The molecule has 0 radical (unpaired) electrons. The lowest BCUT2D eigenvalue weighted by atomic mass is 9.83. The van der Waals surface area contributed by atoms with Crippen molar-refractivity contribution >= 4 is 31.2 Å². The maximum atomic E-state index is 10.8. The quantitative estimate of drug-likeness (QED) is 0.507. The van der Waals surface area contributed by atoms with E-state index in [9.17, 15) is 4.79 Å². The Morgan fingerprint density at radius 1 is 1.36 bits per heavy atom. The first kappa shape index (κ1) is 10.6. The monoisotopic (exact) mass is 233 g/mol. The summed E-state index contributed by atoms with van der Waals surface area (Å²) >= 11 is 9.12. The van der Waals surface area contributed by atoms with Gasteiger partial charge in [0, 0.05) is 22.5 Å². The lowest BCUT2D eigenvalue weighted by Gasteiger charge is -2.31. The van der Waals surface area contributed by atoms with Crippen LogP contribution in [0, 0.1) is 5.41 Å². The van der Waals surface area contributed by atoms with Crippen molar-refractivity contribution in [3.05, 3.63) is 0 Å². The third-order valence-corrected chi connectivity index (χ3v) is 5.15. The Morgan fingerprint density at radius 2 is 1.93 bits per heavy atom. The van der Waals surface area contributed by atoms with Crippen molar-refractivity contribution in [2.75, 3.05) is 6.54 Å². The van der Waals surface area contributed by atoms with E-state index in [4.69, 9.17) is 5.11 Å². The van der Waals surface area contributed by atoms with Gasteiger partial charge in [-0.3, -0.25) is 4.79 Å². The first-order valence-corrected chi connectivity index (χ1v) is 5.92. The molecule has 0 amide bonds. The summed E-state index contributed by atoms with van der Waals surface area (Å²) in [6.45, 7) is 0.742. The van der Waals surface area contributed by atoms with E-state index in [1.807, 2.05) is 0 Å². The normalized spacial score (nSPS) is 47.4. The van der Waals surface area contributed by atoms with Crippen molar-refractivity contribution < 1.29 is 9.90 Å². The Kier molecular flexibility index (Phi) is 2.74. The van der Waals surface area contributed by atoms with Crippen LogP contribution in [-0.4, -0.2) is 34.2 Å². The Morgan fingerprint density at radius 3 is 2.36 bits per heavy atom. The van der Waals surface area contributed by atoms with Gasteiger partial charge in [-0.15, -0.1) is 0 Å². The van der Waals surface area contributed by atoms with E-state index in [1.165, 1.54) is 0 Å². The van der Waals surface area contributed by atoms with Gasteiger partial charge in [-0.05, 0) is 19.3 Å². The molecule has 0 aromatic carbocycles. The zero-order valence-electron chi connectivity index (χ0n) is 7.81. The summed E-state index contributed by atoms with van der Waals surface area (Å²) in [5.41, 5.74) is -0.00468. The van der Waals surface area contributed by atoms with Crippen molar-refractivity contribution in [3.63, 3.8) is 0 Å². The SMILES string of the molecule is O=C(O)C1CC2(CN1)C(S)CCC2S. The van der Waals surface area contributed by atoms with Crippen molar-refractivity contribution in [1.29, 1.82) is 0 Å². The molecule has 2 aliphatic rings. The van der Waals surface area contributed by atoms with E-state index >= 15 is 0 Å². The summed E-state index contributed by atoms with van der Waals surface area (Å²) < 4.78 is 0. The first-order valence-electron chi connectivity index (χ1n) is 4.88. The topological polar surface area (TPSA) is 49.3 Å². The standard InChI is InChI=1S/C9H15NO2S2/c11-8(12)5-3-9(4-10-5)6(13)1-2-7(9)14/h5-7,10,13-14H,1-4H2,(H,11,12). The van der Waals surface area contributed by atoms with Crippen LogP contribution in [0.5, 0.6) is 0 Å². The second-order valence-corrected chi connectivity index (χ2v) is 5.56. The summed E-state index contributed by atoms with van der Waals surface area (Å²) in [4.78, 5) is 10.8. The fourth-order valence-corrected chi connectivity index (χ4v) is 3.80. The molecule has 5 heteroatoms. The minimum atomic E-state index is -0.755. The Labute approximate surface area is 94.5 Å². The van der Waals surface area contributed by atoms with Gasteiger partial charge >= 0.3 is 5.97 Å². The summed E-state index contributed by atoms with van der Waals surface area (Å²) in [5, 5.41) is 12.6. The molecule has 1 aliphatic carbocycles. The van der Waals surface area contributed by atoms with Gasteiger partial charge in [0.05, 0.1) is 0 Å². The molecule has 2 fully saturated rings. The van der Waals surface area contributed by atoms with Gasteiger partial charge in [0.1, 0.15) is 6.04 Å². The third-order valence-electron chi connectivity index (χ3n) is 3.60. The molecule has 14 heavy (non-hydrogen) atoms. The highest BCUT2D eigenvalue weighted by Crippen LogP contribution is 2.49. The molecule has 0 aromatic rings. The van der Waals surface area contributed by atoms with Gasteiger partial charge < -0.3 is 10.4 Å². The molecule has 3 nitrogen and oxygen atoms in total. The van der Waals surface area contributed by atoms with E-state index in [-0.39, 0.29) is 5.41 Å². The summed E-state index contributed by atoms with van der Waals surface area (Å²) in [6.07, 6.45) is 2.77. The van der Waals surface area contributed by atoms with Gasteiger partial charge in [0.25, 0.3) is 0 Å². The van der Waals surface area contributed by atoms with E-state index in [1.54, 1.807) is 0 Å². The highest BCUT2D eigenvalue weighted by atomic mass is 32.1. The van der Waals surface area contributed by atoms with E-state index in [0.29, 0.717) is 16.9 Å². The largest absolute Gasteiger partial charge is 0.480 e. The van der Waals surface area contributed by atoms with Gasteiger partial charge in [-0.1, -0.05) is 0 Å². The number of rotatable bonds is 1. The highest BCUT2D eigenvalue weighted by molar-refractivity contribution is 7.82. The smallest absolute Gasteiger partial charge is 0.320 e. The van der Waals surface area contributed by atoms with Gasteiger partial charge in [-0.2, -0.15) is 25.3 Å². The minimum Gasteiger partial charge on any atom is -0.480 e. The number of nitrogens with one attached hydrogen (secondary N) is 1. The molecule has 3 unspecified atom stereocenters. The average molecular weight is 233 g/mol. The molecule has 1 spiro atoms. The van der Waals surface area contributed by atoms with Crippen LogP contribution < -0.4 is 5.32 Å². The molecule has 2 rings (SSSR count). The number of thiol groups is 2. The van der Waals surface area contributed by atoms with Gasteiger partial charge in [0.15, 0.2) is 0 Å². The number of aliphatic carboxylic acids is 1. The summed E-state index contributed by atoms with van der Waals surface area (Å²) in [7, 11) is 0. The zero-order chi connectivity index (χ0) is 10.3. The van der Waals surface area contributed by atoms with Crippen LogP contribution in [-0.2, 0) is 4.79 Å². The van der Waals surface area contributed by atoms with Crippen LogP contribution in [0.4, 0.5) is 0 Å². The number of carbonyl (C=O) groups is 1. The molecular formula is C9H15NO2S2. The number of carboxylic acids is 1. The van der Waals surface area contributed by atoms with Crippen LogP contribution in [0.25, 0.3) is 0 Å². The zero-order valence-corrected chi connectivity index (χ0v) is 9.60. The lowest BCUT2D eigenvalue weighted by Crippen LogP contribution is -2.35. The van der Waals surface area contributed by atoms with E-state index < -0.39 is 12.0 Å². The molecule has 1 saturated heterocycles. The maximum Gasteiger partial charge on any atom is 0.320 e. The predicted octanol–water partition coefficient (Wildman–Crippen LogP) is 0.810. The summed E-state index contributed by atoms with van der Waals surface area (Å²) in [5.74, 6) is -0.755. The van der Waals surface area contributed by atoms with Crippen molar-refractivity contribution in [1.82, 2.24) is 5.32 Å². The third kappa shape index (κ3) is 1.46. The van der Waals surface area contributed by atoms with Crippen molar-refractivity contribution in [2.45, 2.75) is 35.8 Å². The molecule has 2 N–H and O–H groups in total. The molecule has 1 saturated carbocycles. The fraction of sp³-hybridized carbons (Fsp3) is 0.889. The maximum absolute atomic E-state index is 10.8. The van der Waals surface area contributed by atoms with E-state index in [0.717, 1.165) is 19.4 Å². The fourth-order valence-electron chi connectivity index (χ4n) is 2.63. The molecule has 0 aromatic heterocycles. The van der Waals surface area contributed by atoms with E-state index in [2.05, 4.69) is 30.6 Å². The molecule has 3 atom stereocenters. The minimum absolute atomic E-state index is 0.00468. The Balaban J connectivity index is 2.15. The molecule has 0 bridgehead atoms. The Hall–Kier alpha value is 0.130. The van der Waals surface area contributed by atoms with Crippen LogP contribution in [0.1, 0.15) is 19.3 Å². The highest BCUT2D eigenvalue weighted by Gasteiger charge is 2.52. The second kappa shape index (κ2) is 3.61. The first-order chi connectivity index (χ1) is 6.56. The van der Waals surface area contributed by atoms with Crippen LogP contribution in [0.2, 0.25) is 0 Å².